The van der Waals surface area contributed by atoms with Gasteiger partial charge >= 0.3 is 12.1 Å². The molecule has 1 saturated heterocycles. The number of anilines is 1. The van der Waals surface area contributed by atoms with Crippen LogP contribution in [0.1, 0.15) is 19.4 Å². The first-order chi connectivity index (χ1) is 11.1. The van der Waals surface area contributed by atoms with Crippen LogP contribution in [0.25, 0.3) is 0 Å². The van der Waals surface area contributed by atoms with Crippen molar-refractivity contribution in [1.82, 2.24) is 4.90 Å². The second-order valence-electron chi connectivity index (χ2n) is 5.26. The molecule has 0 bridgehead atoms. The van der Waals surface area contributed by atoms with E-state index < -0.39 is 29.4 Å². The Labute approximate surface area is 135 Å². The van der Waals surface area contributed by atoms with E-state index in [0.717, 1.165) is 19.1 Å². The number of piperazine rings is 1. The Morgan fingerprint density at radius 2 is 1.83 bits per heavy atom. The van der Waals surface area contributed by atoms with Crippen LogP contribution in [0, 0.1) is 0 Å². The Morgan fingerprint density at radius 3 is 2.33 bits per heavy atom. The van der Waals surface area contributed by atoms with Gasteiger partial charge < -0.3 is 14.5 Å². The fourth-order valence-electron chi connectivity index (χ4n) is 2.37. The van der Waals surface area contributed by atoms with Crippen LogP contribution >= 0.6 is 0 Å². The number of nitrogens with zero attached hydrogens (tertiary/aromatic N) is 2. The first-order valence-corrected chi connectivity index (χ1v) is 7.05. The van der Waals surface area contributed by atoms with Crippen LogP contribution in [0.2, 0.25) is 0 Å². The van der Waals surface area contributed by atoms with Gasteiger partial charge in [-0.3, -0.25) is 14.4 Å². The SMILES string of the molecule is CC(=O)Oc1ccc(N2CCN(C(C)=O)CC2=O)cc1C(F)(F)F. The molecule has 130 valence electrons. The van der Waals surface area contributed by atoms with E-state index in [0.29, 0.717) is 0 Å². The number of hydrogen-bond acceptors (Lipinski definition) is 4. The zero-order valence-electron chi connectivity index (χ0n) is 13.0. The predicted molar refractivity (Wildman–Crippen MR) is 77.4 cm³/mol. The summed E-state index contributed by atoms with van der Waals surface area (Å²) < 4.78 is 44.1. The quantitative estimate of drug-likeness (QED) is 0.606. The zero-order chi connectivity index (χ0) is 18.1. The molecular weight excluding hydrogens is 329 g/mol. The maximum Gasteiger partial charge on any atom is 0.420 e. The summed E-state index contributed by atoms with van der Waals surface area (Å²) in [5, 5.41) is 0. The number of amides is 2. The Kier molecular flexibility index (Phi) is 4.81. The van der Waals surface area contributed by atoms with Crippen molar-refractivity contribution in [1.29, 1.82) is 0 Å². The number of carbonyl (C=O) groups is 3. The van der Waals surface area contributed by atoms with Crippen molar-refractivity contribution < 1.29 is 32.3 Å². The highest BCUT2D eigenvalue weighted by atomic mass is 19.4. The highest BCUT2D eigenvalue weighted by molar-refractivity contribution is 5.97. The number of halogens is 3. The lowest BCUT2D eigenvalue weighted by Gasteiger charge is -2.34. The summed E-state index contributed by atoms with van der Waals surface area (Å²) in [5.41, 5.74) is -1.11. The van der Waals surface area contributed by atoms with Gasteiger partial charge in [0.25, 0.3) is 0 Å². The summed E-state index contributed by atoms with van der Waals surface area (Å²) in [5.74, 6) is -2.25. The van der Waals surface area contributed by atoms with Gasteiger partial charge in [-0.05, 0) is 18.2 Å². The Morgan fingerprint density at radius 1 is 1.17 bits per heavy atom. The van der Waals surface area contributed by atoms with Crippen molar-refractivity contribution in [2.45, 2.75) is 20.0 Å². The molecule has 0 saturated carbocycles. The summed E-state index contributed by atoms with van der Waals surface area (Å²) in [6, 6.07) is 3.04. The summed E-state index contributed by atoms with van der Waals surface area (Å²) in [6.07, 6.45) is -4.74. The minimum absolute atomic E-state index is 0.0337. The molecule has 0 aromatic heterocycles. The highest BCUT2D eigenvalue weighted by Crippen LogP contribution is 2.39. The molecule has 1 aromatic carbocycles. The van der Waals surface area contributed by atoms with E-state index in [1.807, 2.05) is 0 Å². The van der Waals surface area contributed by atoms with Gasteiger partial charge in [-0.25, -0.2) is 0 Å². The fourth-order valence-corrected chi connectivity index (χ4v) is 2.37. The van der Waals surface area contributed by atoms with Gasteiger partial charge in [-0.2, -0.15) is 13.2 Å². The van der Waals surface area contributed by atoms with Crippen LogP contribution < -0.4 is 9.64 Å². The topological polar surface area (TPSA) is 66.9 Å². The second kappa shape index (κ2) is 6.50. The Hall–Kier alpha value is -2.58. The van der Waals surface area contributed by atoms with E-state index in [-0.39, 0.29) is 31.2 Å². The first kappa shape index (κ1) is 17.8. The number of ether oxygens (including phenoxy) is 1. The van der Waals surface area contributed by atoms with E-state index in [2.05, 4.69) is 4.74 Å². The van der Waals surface area contributed by atoms with E-state index >= 15 is 0 Å². The van der Waals surface area contributed by atoms with Crippen LogP contribution in [0.5, 0.6) is 5.75 Å². The molecule has 0 aliphatic carbocycles. The molecule has 24 heavy (non-hydrogen) atoms. The third kappa shape index (κ3) is 3.84. The molecule has 1 aromatic rings. The number of benzene rings is 1. The van der Waals surface area contributed by atoms with E-state index in [1.165, 1.54) is 22.8 Å². The van der Waals surface area contributed by atoms with E-state index in [4.69, 9.17) is 0 Å². The lowest BCUT2D eigenvalue weighted by Crippen LogP contribution is -2.51. The third-order valence-corrected chi connectivity index (χ3v) is 3.50. The molecule has 2 rings (SSSR count). The van der Waals surface area contributed by atoms with Crippen molar-refractivity contribution in [3.05, 3.63) is 23.8 Å². The molecule has 0 spiro atoms. The smallest absolute Gasteiger partial charge is 0.420 e. The van der Waals surface area contributed by atoms with E-state index in [9.17, 15) is 27.6 Å². The number of rotatable bonds is 2. The molecule has 0 atom stereocenters. The van der Waals surface area contributed by atoms with Gasteiger partial charge in [0.1, 0.15) is 17.9 Å². The number of esters is 1. The standard InChI is InChI=1S/C15H15F3N2O4/c1-9(21)19-5-6-20(14(23)8-19)11-3-4-13(24-10(2)22)12(7-11)15(16,17)18/h3-4,7H,5-6,8H2,1-2H3. The Balaban J connectivity index is 2.33. The molecule has 1 heterocycles. The largest absolute Gasteiger partial charge is 0.426 e. The monoisotopic (exact) mass is 344 g/mol. The zero-order valence-corrected chi connectivity index (χ0v) is 13.0. The van der Waals surface area contributed by atoms with Crippen molar-refractivity contribution in [2.75, 3.05) is 24.5 Å². The van der Waals surface area contributed by atoms with Gasteiger partial charge in [0, 0.05) is 32.6 Å². The van der Waals surface area contributed by atoms with Gasteiger partial charge in [-0.15, -0.1) is 0 Å². The molecule has 2 amide bonds. The molecule has 1 fully saturated rings. The highest BCUT2D eigenvalue weighted by Gasteiger charge is 2.36. The third-order valence-electron chi connectivity index (χ3n) is 3.50. The molecule has 0 unspecified atom stereocenters. The molecule has 9 heteroatoms. The van der Waals surface area contributed by atoms with Gasteiger partial charge in [0.05, 0.1) is 0 Å². The van der Waals surface area contributed by atoms with Gasteiger partial charge in [-0.1, -0.05) is 0 Å². The minimum Gasteiger partial charge on any atom is -0.426 e. The van der Waals surface area contributed by atoms with Crippen molar-refractivity contribution >= 4 is 23.5 Å². The van der Waals surface area contributed by atoms with Gasteiger partial charge in [0.2, 0.25) is 11.8 Å². The van der Waals surface area contributed by atoms with Gasteiger partial charge in [0.15, 0.2) is 0 Å². The van der Waals surface area contributed by atoms with Crippen LogP contribution in [0.4, 0.5) is 18.9 Å². The molecule has 0 radical (unpaired) electrons. The average Bonchev–Trinajstić information content (AvgIpc) is 2.46. The molecule has 6 nitrogen and oxygen atoms in total. The van der Waals surface area contributed by atoms with Crippen LogP contribution in [-0.2, 0) is 20.6 Å². The maximum atomic E-state index is 13.2. The normalized spacial score (nSPS) is 15.5. The first-order valence-electron chi connectivity index (χ1n) is 7.05. The number of carbonyl (C=O) groups excluding carboxylic acids is 3. The summed E-state index contributed by atoms with van der Waals surface area (Å²) in [4.78, 5) is 36.8. The lowest BCUT2D eigenvalue weighted by molar-refractivity contribution is -0.141. The maximum absolute atomic E-state index is 13.2. The molecular formula is C15H15F3N2O4. The van der Waals surface area contributed by atoms with Crippen molar-refractivity contribution in [3.63, 3.8) is 0 Å². The number of alkyl halides is 3. The lowest BCUT2D eigenvalue weighted by atomic mass is 10.1. The fraction of sp³-hybridized carbons (Fsp3) is 0.400. The van der Waals surface area contributed by atoms with Crippen LogP contribution in [0.15, 0.2) is 18.2 Å². The average molecular weight is 344 g/mol. The summed E-state index contributed by atoms with van der Waals surface area (Å²) in [6.45, 7) is 2.44. The predicted octanol–water partition coefficient (Wildman–Crippen LogP) is 1.83. The summed E-state index contributed by atoms with van der Waals surface area (Å²) in [7, 11) is 0. The molecule has 1 aliphatic rings. The second-order valence-corrected chi connectivity index (χ2v) is 5.26. The summed E-state index contributed by atoms with van der Waals surface area (Å²) >= 11 is 0. The minimum atomic E-state index is -4.74. The van der Waals surface area contributed by atoms with Crippen molar-refractivity contribution in [3.8, 4) is 5.75 Å². The molecule has 0 N–H and O–H groups in total. The molecule has 1 aliphatic heterocycles. The van der Waals surface area contributed by atoms with E-state index in [1.54, 1.807) is 0 Å². The number of hydrogen-bond donors (Lipinski definition) is 0. The Bertz CT molecular complexity index is 688. The van der Waals surface area contributed by atoms with Crippen LogP contribution in [-0.4, -0.2) is 42.3 Å². The van der Waals surface area contributed by atoms with Crippen LogP contribution in [0.3, 0.4) is 0 Å². The van der Waals surface area contributed by atoms with Crippen molar-refractivity contribution in [2.24, 2.45) is 0 Å².